The second-order valence-corrected chi connectivity index (χ2v) is 7.44. The number of benzene rings is 1. The lowest BCUT2D eigenvalue weighted by atomic mass is 10.1. The zero-order chi connectivity index (χ0) is 18.8. The molecule has 138 valence electrons. The molecule has 3 heterocycles. The van der Waals surface area contributed by atoms with Gasteiger partial charge in [-0.2, -0.15) is 0 Å². The number of carbonyl (C=O) groups excluding carboxylic acids is 2. The van der Waals surface area contributed by atoms with E-state index in [1.54, 1.807) is 12.4 Å². The van der Waals surface area contributed by atoms with E-state index in [4.69, 9.17) is 4.74 Å². The van der Waals surface area contributed by atoms with Crippen molar-refractivity contribution in [3.63, 3.8) is 0 Å². The van der Waals surface area contributed by atoms with E-state index in [0.29, 0.717) is 23.9 Å². The number of fused-ring (bicyclic) bond motifs is 1. The summed E-state index contributed by atoms with van der Waals surface area (Å²) in [6.45, 7) is 1.90. The molecule has 2 aromatic heterocycles. The summed E-state index contributed by atoms with van der Waals surface area (Å²) in [4.78, 5) is 31.1. The van der Waals surface area contributed by atoms with E-state index in [0.717, 1.165) is 27.8 Å². The van der Waals surface area contributed by atoms with Gasteiger partial charge in [0.15, 0.2) is 5.13 Å². The lowest BCUT2D eigenvalue weighted by Gasteiger charge is -2.12. The first-order chi connectivity index (χ1) is 13.1. The van der Waals surface area contributed by atoms with Crippen molar-refractivity contribution in [3.05, 3.63) is 36.7 Å². The van der Waals surface area contributed by atoms with Crippen LogP contribution in [0.2, 0.25) is 0 Å². The van der Waals surface area contributed by atoms with Crippen LogP contribution in [0.3, 0.4) is 0 Å². The van der Waals surface area contributed by atoms with Gasteiger partial charge in [0.05, 0.1) is 22.5 Å². The lowest BCUT2D eigenvalue weighted by Crippen LogP contribution is -2.30. The Labute approximate surface area is 159 Å². The fourth-order valence-corrected chi connectivity index (χ4v) is 3.91. The van der Waals surface area contributed by atoms with Gasteiger partial charge in [0, 0.05) is 25.1 Å². The number of hydrogen-bond acceptors (Lipinski definition) is 6. The number of ether oxygens (including phenoxy) is 1. The number of nitrogens with one attached hydrogen (secondary N) is 2. The van der Waals surface area contributed by atoms with E-state index in [2.05, 4.69) is 20.6 Å². The molecule has 0 spiro atoms. The molecule has 0 bridgehead atoms. The molecule has 2 amide bonds. The standard InChI is InChI=1S/C19H18N4O3S/c1-11(24)21-19-23-16-4-2-12(7-17(16)27-19)13-6-15(9-20-8-13)26-10-14-3-5-18(25)22-14/h2,4,6-9,14H,3,5,10H2,1H3,(H,22,25)(H,21,23,24)/t14-/m1/s1. The molecule has 0 aliphatic carbocycles. The molecule has 27 heavy (non-hydrogen) atoms. The number of aromatic nitrogens is 2. The maximum Gasteiger partial charge on any atom is 0.223 e. The number of pyridine rings is 1. The van der Waals surface area contributed by atoms with Gasteiger partial charge in [-0.25, -0.2) is 4.98 Å². The summed E-state index contributed by atoms with van der Waals surface area (Å²) >= 11 is 1.43. The number of carbonyl (C=O) groups is 2. The predicted molar refractivity (Wildman–Crippen MR) is 104 cm³/mol. The quantitative estimate of drug-likeness (QED) is 0.708. The topological polar surface area (TPSA) is 93.2 Å². The van der Waals surface area contributed by atoms with Crippen molar-refractivity contribution < 1.29 is 14.3 Å². The van der Waals surface area contributed by atoms with Crippen LogP contribution in [-0.2, 0) is 9.59 Å². The predicted octanol–water partition coefficient (Wildman–Crippen LogP) is 2.97. The third-order valence-electron chi connectivity index (χ3n) is 4.25. The summed E-state index contributed by atoms with van der Waals surface area (Å²) in [5.41, 5.74) is 2.76. The van der Waals surface area contributed by atoms with Gasteiger partial charge >= 0.3 is 0 Å². The van der Waals surface area contributed by atoms with Gasteiger partial charge in [-0.05, 0) is 30.2 Å². The number of thiazole rings is 1. The van der Waals surface area contributed by atoms with Crippen LogP contribution < -0.4 is 15.4 Å². The van der Waals surface area contributed by atoms with Crippen molar-refractivity contribution in [1.82, 2.24) is 15.3 Å². The van der Waals surface area contributed by atoms with E-state index in [9.17, 15) is 9.59 Å². The van der Waals surface area contributed by atoms with Crippen molar-refractivity contribution in [2.75, 3.05) is 11.9 Å². The van der Waals surface area contributed by atoms with Crippen molar-refractivity contribution in [3.8, 4) is 16.9 Å². The molecule has 1 saturated heterocycles. The van der Waals surface area contributed by atoms with Gasteiger partial charge in [0.25, 0.3) is 0 Å². The largest absolute Gasteiger partial charge is 0.490 e. The molecule has 2 N–H and O–H groups in total. The highest BCUT2D eigenvalue weighted by atomic mass is 32.1. The smallest absolute Gasteiger partial charge is 0.223 e. The molecule has 1 fully saturated rings. The Morgan fingerprint density at radius 3 is 3.00 bits per heavy atom. The summed E-state index contributed by atoms with van der Waals surface area (Å²) in [5, 5.41) is 6.19. The second-order valence-electron chi connectivity index (χ2n) is 6.41. The van der Waals surface area contributed by atoms with Crippen molar-refractivity contribution in [2.45, 2.75) is 25.8 Å². The minimum atomic E-state index is -0.137. The Morgan fingerprint density at radius 2 is 2.22 bits per heavy atom. The summed E-state index contributed by atoms with van der Waals surface area (Å²) < 4.78 is 6.78. The third kappa shape index (κ3) is 4.06. The molecule has 1 aliphatic rings. The van der Waals surface area contributed by atoms with Gasteiger partial charge in [-0.15, -0.1) is 0 Å². The van der Waals surface area contributed by atoms with Gasteiger partial charge in [0.2, 0.25) is 11.8 Å². The van der Waals surface area contributed by atoms with Gasteiger partial charge < -0.3 is 15.4 Å². The Bertz CT molecular complexity index is 1020. The maximum absolute atomic E-state index is 11.3. The molecule has 1 atom stereocenters. The van der Waals surface area contributed by atoms with Gasteiger partial charge in [-0.1, -0.05) is 17.4 Å². The van der Waals surface area contributed by atoms with Crippen molar-refractivity contribution in [1.29, 1.82) is 0 Å². The van der Waals surface area contributed by atoms with Crippen LogP contribution >= 0.6 is 11.3 Å². The number of rotatable bonds is 5. The lowest BCUT2D eigenvalue weighted by molar-refractivity contribution is -0.119. The fourth-order valence-electron chi connectivity index (χ4n) is 2.96. The van der Waals surface area contributed by atoms with Gasteiger partial charge in [0.1, 0.15) is 12.4 Å². The summed E-state index contributed by atoms with van der Waals surface area (Å²) in [5.74, 6) is 0.603. The highest BCUT2D eigenvalue weighted by Gasteiger charge is 2.21. The number of amides is 2. The van der Waals surface area contributed by atoms with E-state index in [1.807, 2.05) is 24.3 Å². The van der Waals surface area contributed by atoms with E-state index >= 15 is 0 Å². The van der Waals surface area contributed by atoms with E-state index < -0.39 is 0 Å². The molecule has 7 nitrogen and oxygen atoms in total. The van der Waals surface area contributed by atoms with E-state index in [-0.39, 0.29) is 17.9 Å². The third-order valence-corrected chi connectivity index (χ3v) is 5.19. The number of nitrogens with zero attached hydrogens (tertiary/aromatic N) is 2. The first-order valence-corrected chi connectivity index (χ1v) is 9.44. The fraction of sp³-hybridized carbons (Fsp3) is 0.263. The zero-order valence-corrected chi connectivity index (χ0v) is 15.5. The highest BCUT2D eigenvalue weighted by molar-refractivity contribution is 7.22. The first kappa shape index (κ1) is 17.4. The molecule has 0 unspecified atom stereocenters. The molecule has 1 aliphatic heterocycles. The molecule has 0 saturated carbocycles. The Morgan fingerprint density at radius 1 is 1.33 bits per heavy atom. The van der Waals surface area contributed by atoms with Crippen LogP contribution in [0.1, 0.15) is 19.8 Å². The Hall–Kier alpha value is -3.00. The van der Waals surface area contributed by atoms with Crippen LogP contribution in [0.4, 0.5) is 5.13 Å². The first-order valence-electron chi connectivity index (χ1n) is 8.62. The zero-order valence-electron chi connectivity index (χ0n) is 14.7. The normalized spacial score (nSPS) is 16.3. The monoisotopic (exact) mass is 382 g/mol. The maximum atomic E-state index is 11.3. The average molecular weight is 382 g/mol. The van der Waals surface area contributed by atoms with E-state index in [1.165, 1.54) is 18.3 Å². The highest BCUT2D eigenvalue weighted by Crippen LogP contribution is 2.31. The van der Waals surface area contributed by atoms with Crippen molar-refractivity contribution in [2.24, 2.45) is 0 Å². The molecular formula is C19H18N4O3S. The second kappa shape index (κ2) is 7.32. The molecule has 8 heteroatoms. The minimum Gasteiger partial charge on any atom is -0.490 e. The average Bonchev–Trinajstić information content (AvgIpc) is 3.24. The molecule has 3 aromatic rings. The number of anilines is 1. The summed E-state index contributed by atoms with van der Waals surface area (Å²) in [6, 6.07) is 7.91. The van der Waals surface area contributed by atoms with Crippen LogP contribution in [0.25, 0.3) is 21.3 Å². The van der Waals surface area contributed by atoms with Crippen LogP contribution in [0.15, 0.2) is 36.7 Å². The molecular weight excluding hydrogens is 364 g/mol. The summed E-state index contributed by atoms with van der Waals surface area (Å²) in [6.07, 6.45) is 4.80. The molecule has 4 rings (SSSR count). The molecule has 0 radical (unpaired) electrons. The molecule has 1 aromatic carbocycles. The summed E-state index contributed by atoms with van der Waals surface area (Å²) in [7, 11) is 0. The minimum absolute atomic E-state index is 0.0573. The van der Waals surface area contributed by atoms with Crippen molar-refractivity contribution >= 4 is 38.5 Å². The Balaban J connectivity index is 1.52. The van der Waals surface area contributed by atoms with Crippen LogP contribution in [0, 0.1) is 0 Å². The van der Waals surface area contributed by atoms with Crippen LogP contribution in [0.5, 0.6) is 5.75 Å². The Kier molecular flexibility index (Phi) is 4.72. The van der Waals surface area contributed by atoms with Gasteiger partial charge in [-0.3, -0.25) is 14.6 Å². The number of hydrogen-bond donors (Lipinski definition) is 2. The SMILES string of the molecule is CC(=O)Nc1nc2ccc(-c3cncc(OC[C@H]4CCC(=O)N4)c3)cc2s1. The van der Waals surface area contributed by atoms with Crippen LogP contribution in [-0.4, -0.2) is 34.4 Å².